The van der Waals surface area contributed by atoms with Gasteiger partial charge in [0.15, 0.2) is 0 Å². The first-order chi connectivity index (χ1) is 8.67. The number of carbonyl (C=O) groups excluding carboxylic acids is 1. The second kappa shape index (κ2) is 7.41. The first-order valence-corrected chi connectivity index (χ1v) is 5.74. The van der Waals surface area contributed by atoms with Crippen molar-refractivity contribution in [2.45, 2.75) is 19.8 Å². The van der Waals surface area contributed by atoms with Crippen LogP contribution in [0, 0.1) is 17.1 Å². The fourth-order valence-corrected chi connectivity index (χ4v) is 1.39. The molecule has 1 aromatic carbocycles. The van der Waals surface area contributed by atoms with Crippen LogP contribution in [-0.2, 0) is 9.53 Å². The predicted molar refractivity (Wildman–Crippen MR) is 65.5 cm³/mol. The second-order valence-electron chi connectivity index (χ2n) is 3.66. The van der Waals surface area contributed by atoms with Crippen LogP contribution in [0.1, 0.15) is 25.3 Å². The molecule has 1 N–H and O–H groups in total. The van der Waals surface area contributed by atoms with Gasteiger partial charge >= 0.3 is 0 Å². The van der Waals surface area contributed by atoms with Gasteiger partial charge in [0.25, 0.3) is 0 Å². The molecule has 0 spiro atoms. The van der Waals surface area contributed by atoms with Crippen LogP contribution >= 0.6 is 0 Å². The molecule has 0 unspecified atom stereocenters. The van der Waals surface area contributed by atoms with Gasteiger partial charge in [-0.1, -0.05) is 0 Å². The molecule has 0 fully saturated rings. The predicted octanol–water partition coefficient (Wildman–Crippen LogP) is 2.45. The van der Waals surface area contributed by atoms with Gasteiger partial charge < -0.3 is 10.1 Å². The lowest BCUT2D eigenvalue weighted by Gasteiger charge is -2.06. The number of amides is 1. The van der Waals surface area contributed by atoms with Crippen molar-refractivity contribution in [3.05, 3.63) is 29.6 Å². The molecule has 0 saturated carbocycles. The maximum Gasteiger partial charge on any atom is 0.224 e. The molecule has 0 aromatic heterocycles. The molecule has 0 saturated heterocycles. The van der Waals surface area contributed by atoms with E-state index in [2.05, 4.69) is 5.32 Å². The Labute approximate surface area is 105 Å². The summed E-state index contributed by atoms with van der Waals surface area (Å²) < 4.78 is 18.2. The third-order valence-corrected chi connectivity index (χ3v) is 2.27. The van der Waals surface area contributed by atoms with E-state index in [4.69, 9.17) is 10.00 Å². The van der Waals surface area contributed by atoms with Crippen LogP contribution in [0.15, 0.2) is 18.2 Å². The number of carbonyl (C=O) groups is 1. The van der Waals surface area contributed by atoms with Crippen LogP contribution in [-0.4, -0.2) is 19.1 Å². The maximum atomic E-state index is 13.0. The molecule has 0 aliphatic carbocycles. The molecule has 18 heavy (non-hydrogen) atoms. The molecule has 4 nitrogen and oxygen atoms in total. The molecule has 0 atom stereocenters. The summed E-state index contributed by atoms with van der Waals surface area (Å²) in [4.78, 5) is 11.5. The number of nitrogens with zero attached hydrogens (tertiary/aromatic N) is 1. The molecule has 1 aromatic rings. The highest BCUT2D eigenvalue weighted by Crippen LogP contribution is 2.14. The van der Waals surface area contributed by atoms with Gasteiger partial charge in [-0.3, -0.25) is 4.79 Å². The number of rotatable bonds is 6. The Hall–Kier alpha value is -1.93. The van der Waals surface area contributed by atoms with E-state index in [9.17, 15) is 9.18 Å². The number of halogens is 1. The molecule has 0 heterocycles. The SMILES string of the molecule is CCOCCCC(=O)Nc1ccc(F)c(C#N)c1. The van der Waals surface area contributed by atoms with Crippen LogP contribution < -0.4 is 5.32 Å². The summed E-state index contributed by atoms with van der Waals surface area (Å²) in [5.41, 5.74) is 0.344. The van der Waals surface area contributed by atoms with Gasteiger partial charge in [0.05, 0.1) is 5.56 Å². The van der Waals surface area contributed by atoms with E-state index in [0.717, 1.165) is 6.07 Å². The molecule has 0 aliphatic rings. The summed E-state index contributed by atoms with van der Waals surface area (Å²) in [6.07, 6.45) is 0.964. The summed E-state index contributed by atoms with van der Waals surface area (Å²) >= 11 is 0. The molecule has 1 amide bonds. The number of benzene rings is 1. The normalized spacial score (nSPS) is 9.83. The Kier molecular flexibility index (Phi) is 5.81. The van der Waals surface area contributed by atoms with Gasteiger partial charge in [0, 0.05) is 25.3 Å². The van der Waals surface area contributed by atoms with Crippen molar-refractivity contribution >= 4 is 11.6 Å². The van der Waals surface area contributed by atoms with Gasteiger partial charge in [0.2, 0.25) is 5.91 Å². The first-order valence-electron chi connectivity index (χ1n) is 5.74. The Bertz CT molecular complexity index is 455. The summed E-state index contributed by atoms with van der Waals surface area (Å²) in [5.74, 6) is -0.767. The largest absolute Gasteiger partial charge is 0.382 e. The third-order valence-electron chi connectivity index (χ3n) is 2.27. The molecule has 1 rings (SSSR count). The molecular formula is C13H15FN2O2. The molecular weight excluding hydrogens is 235 g/mol. The minimum absolute atomic E-state index is 0.0814. The molecule has 0 radical (unpaired) electrons. The van der Waals surface area contributed by atoms with Crippen molar-refractivity contribution in [3.63, 3.8) is 0 Å². The van der Waals surface area contributed by atoms with E-state index < -0.39 is 5.82 Å². The Balaban J connectivity index is 2.47. The number of nitrogens with one attached hydrogen (secondary N) is 1. The van der Waals surface area contributed by atoms with Gasteiger partial charge in [0.1, 0.15) is 11.9 Å². The third kappa shape index (κ3) is 4.52. The number of nitriles is 1. The zero-order valence-electron chi connectivity index (χ0n) is 10.2. The smallest absolute Gasteiger partial charge is 0.224 e. The van der Waals surface area contributed by atoms with Gasteiger partial charge in [-0.05, 0) is 31.5 Å². The highest BCUT2D eigenvalue weighted by Gasteiger charge is 2.06. The average molecular weight is 250 g/mol. The topological polar surface area (TPSA) is 62.1 Å². The van der Waals surface area contributed by atoms with Crippen LogP contribution in [0.2, 0.25) is 0 Å². The zero-order chi connectivity index (χ0) is 13.4. The number of ether oxygens (including phenoxy) is 1. The number of hydrogen-bond acceptors (Lipinski definition) is 3. The van der Waals surface area contributed by atoms with E-state index in [0.29, 0.717) is 31.7 Å². The molecule has 96 valence electrons. The van der Waals surface area contributed by atoms with Crippen LogP contribution in [0.3, 0.4) is 0 Å². The second-order valence-corrected chi connectivity index (χ2v) is 3.66. The van der Waals surface area contributed by atoms with Crippen LogP contribution in [0.5, 0.6) is 0 Å². The molecule has 5 heteroatoms. The van der Waals surface area contributed by atoms with Crippen molar-refractivity contribution in [3.8, 4) is 6.07 Å². The van der Waals surface area contributed by atoms with Gasteiger partial charge in [-0.25, -0.2) is 4.39 Å². The quantitative estimate of drug-likeness (QED) is 0.789. The van der Waals surface area contributed by atoms with E-state index >= 15 is 0 Å². The van der Waals surface area contributed by atoms with Crippen molar-refractivity contribution < 1.29 is 13.9 Å². The van der Waals surface area contributed by atoms with Crippen molar-refractivity contribution in [2.75, 3.05) is 18.5 Å². The average Bonchev–Trinajstić information content (AvgIpc) is 2.37. The summed E-state index contributed by atoms with van der Waals surface area (Å²) in [5, 5.41) is 11.3. The Morgan fingerprint density at radius 1 is 1.56 bits per heavy atom. The standard InChI is InChI=1S/C13H15FN2O2/c1-2-18-7-3-4-13(17)16-11-5-6-12(14)10(8-11)9-15/h5-6,8H,2-4,7H2,1H3,(H,16,17). The first kappa shape index (κ1) is 14.1. The van der Waals surface area contributed by atoms with Crippen molar-refractivity contribution in [2.24, 2.45) is 0 Å². The van der Waals surface area contributed by atoms with E-state index in [1.807, 2.05) is 6.92 Å². The van der Waals surface area contributed by atoms with Crippen molar-refractivity contribution in [1.29, 1.82) is 5.26 Å². The van der Waals surface area contributed by atoms with E-state index in [1.165, 1.54) is 12.1 Å². The lowest BCUT2D eigenvalue weighted by Crippen LogP contribution is -2.12. The maximum absolute atomic E-state index is 13.0. The minimum Gasteiger partial charge on any atom is -0.382 e. The molecule has 0 aliphatic heterocycles. The number of hydrogen-bond donors (Lipinski definition) is 1. The van der Waals surface area contributed by atoms with E-state index in [1.54, 1.807) is 6.07 Å². The monoisotopic (exact) mass is 250 g/mol. The summed E-state index contributed by atoms with van der Waals surface area (Å²) in [7, 11) is 0. The summed E-state index contributed by atoms with van der Waals surface area (Å²) in [6, 6.07) is 5.63. The van der Waals surface area contributed by atoms with Gasteiger partial charge in [-0.2, -0.15) is 5.26 Å². The fourth-order valence-electron chi connectivity index (χ4n) is 1.39. The van der Waals surface area contributed by atoms with Crippen molar-refractivity contribution in [1.82, 2.24) is 0 Å². The lowest BCUT2D eigenvalue weighted by atomic mass is 10.2. The van der Waals surface area contributed by atoms with Crippen LogP contribution in [0.4, 0.5) is 10.1 Å². The highest BCUT2D eigenvalue weighted by molar-refractivity contribution is 5.90. The Morgan fingerprint density at radius 2 is 2.33 bits per heavy atom. The Morgan fingerprint density at radius 3 is 3.00 bits per heavy atom. The van der Waals surface area contributed by atoms with Gasteiger partial charge in [-0.15, -0.1) is 0 Å². The highest BCUT2D eigenvalue weighted by atomic mass is 19.1. The fraction of sp³-hybridized carbons (Fsp3) is 0.385. The lowest BCUT2D eigenvalue weighted by molar-refractivity contribution is -0.116. The van der Waals surface area contributed by atoms with Crippen LogP contribution in [0.25, 0.3) is 0 Å². The zero-order valence-corrected chi connectivity index (χ0v) is 10.2. The summed E-state index contributed by atoms with van der Waals surface area (Å²) in [6.45, 7) is 3.06. The minimum atomic E-state index is -0.591. The molecule has 0 bridgehead atoms. The van der Waals surface area contributed by atoms with E-state index in [-0.39, 0.29) is 11.5 Å². The number of anilines is 1.